The standard InChI is InChI=1S/C18H36N2O/c1-5-6-7-8-9-10-11-12-13-14-17-19-18(3,4)15-20(17)16(2)21/h16,21H,5-15H2,1-4H3. The van der Waals surface area contributed by atoms with Crippen molar-refractivity contribution in [2.24, 2.45) is 4.99 Å². The summed E-state index contributed by atoms with van der Waals surface area (Å²) in [6.07, 6.45) is 12.8. The second-order valence-electron chi connectivity index (χ2n) is 7.18. The van der Waals surface area contributed by atoms with E-state index < -0.39 is 6.23 Å². The summed E-state index contributed by atoms with van der Waals surface area (Å²) in [4.78, 5) is 6.83. The first kappa shape index (κ1) is 18.5. The van der Waals surface area contributed by atoms with Gasteiger partial charge in [0.25, 0.3) is 0 Å². The smallest absolute Gasteiger partial charge is 0.125 e. The molecule has 3 nitrogen and oxygen atoms in total. The third-order valence-corrected chi connectivity index (χ3v) is 4.28. The van der Waals surface area contributed by atoms with E-state index in [1.54, 1.807) is 0 Å². The summed E-state index contributed by atoms with van der Waals surface area (Å²) in [5, 5.41) is 9.84. The van der Waals surface area contributed by atoms with E-state index in [1.165, 1.54) is 57.8 Å². The summed E-state index contributed by atoms with van der Waals surface area (Å²) in [7, 11) is 0. The van der Waals surface area contributed by atoms with Gasteiger partial charge < -0.3 is 10.0 Å². The van der Waals surface area contributed by atoms with Crippen LogP contribution < -0.4 is 0 Å². The lowest BCUT2D eigenvalue weighted by Gasteiger charge is -2.25. The quantitative estimate of drug-likeness (QED) is 0.559. The van der Waals surface area contributed by atoms with Crippen LogP contribution in [0.15, 0.2) is 4.99 Å². The monoisotopic (exact) mass is 296 g/mol. The Balaban J connectivity index is 2.11. The summed E-state index contributed by atoms with van der Waals surface area (Å²) in [6, 6.07) is 0. The molecular formula is C18H36N2O. The van der Waals surface area contributed by atoms with Crippen LogP contribution in [0.25, 0.3) is 0 Å². The molecule has 1 aliphatic heterocycles. The molecule has 0 aliphatic carbocycles. The number of aliphatic hydroxyl groups excluding tert-OH is 1. The summed E-state index contributed by atoms with van der Waals surface area (Å²) in [5.74, 6) is 1.11. The molecule has 0 bridgehead atoms. The van der Waals surface area contributed by atoms with Gasteiger partial charge in [-0.15, -0.1) is 0 Å². The largest absolute Gasteiger partial charge is 0.374 e. The number of hydrogen-bond donors (Lipinski definition) is 1. The van der Waals surface area contributed by atoms with Crippen LogP contribution >= 0.6 is 0 Å². The minimum Gasteiger partial charge on any atom is -0.374 e. The third kappa shape index (κ3) is 7.30. The molecule has 0 spiro atoms. The predicted octanol–water partition coefficient (Wildman–Crippen LogP) is 4.74. The molecule has 3 heteroatoms. The van der Waals surface area contributed by atoms with E-state index in [0.29, 0.717) is 0 Å². The molecule has 0 aromatic heterocycles. The van der Waals surface area contributed by atoms with Crippen molar-refractivity contribution in [3.63, 3.8) is 0 Å². The van der Waals surface area contributed by atoms with Crippen molar-refractivity contribution < 1.29 is 5.11 Å². The number of aliphatic imine (C=N–C) groups is 1. The lowest BCUT2D eigenvalue weighted by atomic mass is 10.1. The molecule has 1 heterocycles. The highest BCUT2D eigenvalue weighted by molar-refractivity contribution is 5.84. The van der Waals surface area contributed by atoms with Crippen molar-refractivity contribution in [2.45, 2.75) is 104 Å². The van der Waals surface area contributed by atoms with Gasteiger partial charge in [0.2, 0.25) is 0 Å². The topological polar surface area (TPSA) is 35.8 Å². The summed E-state index contributed by atoms with van der Waals surface area (Å²) in [6.45, 7) is 9.24. The molecule has 0 aromatic rings. The molecule has 1 atom stereocenters. The predicted molar refractivity (Wildman–Crippen MR) is 91.7 cm³/mol. The van der Waals surface area contributed by atoms with Crippen LogP contribution in [0.5, 0.6) is 0 Å². The molecule has 124 valence electrons. The third-order valence-electron chi connectivity index (χ3n) is 4.28. The van der Waals surface area contributed by atoms with Crippen molar-refractivity contribution in [1.82, 2.24) is 4.90 Å². The molecule has 1 unspecified atom stereocenters. The Morgan fingerprint density at radius 3 is 2.10 bits per heavy atom. The van der Waals surface area contributed by atoms with Gasteiger partial charge in [-0.3, -0.25) is 4.99 Å². The summed E-state index contributed by atoms with van der Waals surface area (Å²) < 4.78 is 0. The average molecular weight is 296 g/mol. The van der Waals surface area contributed by atoms with E-state index in [1.807, 2.05) is 6.92 Å². The Bertz CT molecular complexity index is 310. The second-order valence-corrected chi connectivity index (χ2v) is 7.18. The first-order valence-electron chi connectivity index (χ1n) is 9.00. The lowest BCUT2D eigenvalue weighted by molar-refractivity contribution is 0.0681. The maximum absolute atomic E-state index is 9.84. The summed E-state index contributed by atoms with van der Waals surface area (Å²) in [5.41, 5.74) is -0.0361. The highest BCUT2D eigenvalue weighted by atomic mass is 16.3. The van der Waals surface area contributed by atoms with Crippen LogP contribution in [-0.4, -0.2) is 34.2 Å². The first-order chi connectivity index (χ1) is 9.96. The zero-order valence-electron chi connectivity index (χ0n) is 14.7. The Morgan fingerprint density at radius 1 is 1.05 bits per heavy atom. The van der Waals surface area contributed by atoms with Crippen LogP contribution in [0, 0.1) is 0 Å². The average Bonchev–Trinajstić information content (AvgIpc) is 2.72. The van der Waals surface area contributed by atoms with E-state index in [-0.39, 0.29) is 5.54 Å². The number of nitrogens with zero attached hydrogens (tertiary/aromatic N) is 2. The van der Waals surface area contributed by atoms with Gasteiger partial charge in [-0.05, 0) is 27.2 Å². The van der Waals surface area contributed by atoms with E-state index >= 15 is 0 Å². The van der Waals surface area contributed by atoms with Gasteiger partial charge in [0.1, 0.15) is 12.1 Å². The molecule has 21 heavy (non-hydrogen) atoms. The van der Waals surface area contributed by atoms with Crippen molar-refractivity contribution in [2.75, 3.05) is 6.54 Å². The lowest BCUT2D eigenvalue weighted by Crippen LogP contribution is -2.39. The minimum atomic E-state index is -0.413. The Kier molecular flexibility index (Phi) is 8.31. The van der Waals surface area contributed by atoms with Gasteiger partial charge in [0, 0.05) is 13.0 Å². The molecule has 0 aromatic carbocycles. The maximum Gasteiger partial charge on any atom is 0.125 e. The minimum absolute atomic E-state index is 0.0361. The first-order valence-corrected chi connectivity index (χ1v) is 9.00. The second kappa shape index (κ2) is 9.45. The Labute approximate surface area is 131 Å². The molecule has 0 fully saturated rings. The van der Waals surface area contributed by atoms with Gasteiger partial charge in [-0.1, -0.05) is 58.3 Å². The highest BCUT2D eigenvalue weighted by Crippen LogP contribution is 2.24. The molecule has 0 saturated heterocycles. The van der Waals surface area contributed by atoms with Crippen LogP contribution in [0.3, 0.4) is 0 Å². The van der Waals surface area contributed by atoms with Crippen molar-refractivity contribution in [1.29, 1.82) is 0 Å². The fourth-order valence-corrected chi connectivity index (χ4v) is 3.10. The van der Waals surface area contributed by atoms with E-state index in [0.717, 1.165) is 18.8 Å². The van der Waals surface area contributed by atoms with Crippen LogP contribution in [0.4, 0.5) is 0 Å². The van der Waals surface area contributed by atoms with Crippen molar-refractivity contribution in [3.05, 3.63) is 0 Å². The van der Waals surface area contributed by atoms with Gasteiger partial charge in [-0.25, -0.2) is 0 Å². The molecule has 0 amide bonds. The fraction of sp³-hybridized carbons (Fsp3) is 0.944. The molecule has 0 saturated carbocycles. The van der Waals surface area contributed by atoms with Gasteiger partial charge in [0.15, 0.2) is 0 Å². The van der Waals surface area contributed by atoms with Gasteiger partial charge >= 0.3 is 0 Å². The maximum atomic E-state index is 9.84. The Hall–Kier alpha value is -0.570. The zero-order chi connectivity index (χ0) is 15.7. The molecule has 1 aliphatic rings. The highest BCUT2D eigenvalue weighted by Gasteiger charge is 2.32. The molecule has 0 radical (unpaired) electrons. The van der Waals surface area contributed by atoms with E-state index in [2.05, 4.69) is 25.7 Å². The van der Waals surface area contributed by atoms with Crippen molar-refractivity contribution in [3.8, 4) is 0 Å². The normalized spacial score (nSPS) is 18.9. The number of unbranched alkanes of at least 4 members (excludes halogenated alkanes) is 8. The van der Waals surface area contributed by atoms with Crippen molar-refractivity contribution >= 4 is 5.84 Å². The number of amidine groups is 1. The number of hydrogen-bond acceptors (Lipinski definition) is 3. The summed E-state index contributed by atoms with van der Waals surface area (Å²) >= 11 is 0. The SMILES string of the molecule is CCCCCCCCCCCC1=NC(C)(C)CN1C(C)O. The number of rotatable bonds is 11. The molecule has 1 N–H and O–H groups in total. The van der Waals surface area contributed by atoms with E-state index in [4.69, 9.17) is 4.99 Å². The van der Waals surface area contributed by atoms with E-state index in [9.17, 15) is 5.11 Å². The van der Waals surface area contributed by atoms with Gasteiger partial charge in [0.05, 0.1) is 5.54 Å². The molecule has 1 rings (SSSR count). The van der Waals surface area contributed by atoms with Gasteiger partial charge in [-0.2, -0.15) is 0 Å². The van der Waals surface area contributed by atoms with Crippen LogP contribution in [0.2, 0.25) is 0 Å². The van der Waals surface area contributed by atoms with Crippen LogP contribution in [0.1, 0.15) is 91.9 Å². The Morgan fingerprint density at radius 2 is 1.57 bits per heavy atom. The van der Waals surface area contributed by atoms with Crippen LogP contribution in [-0.2, 0) is 0 Å². The zero-order valence-corrected chi connectivity index (χ0v) is 14.7. The number of aliphatic hydroxyl groups is 1. The fourth-order valence-electron chi connectivity index (χ4n) is 3.10. The molecular weight excluding hydrogens is 260 g/mol.